The first-order chi connectivity index (χ1) is 17.2. The Hall–Kier alpha value is -3.75. The third-order valence-corrected chi connectivity index (χ3v) is 7.34. The maximum Gasteiger partial charge on any atom is 0.227 e. The van der Waals surface area contributed by atoms with E-state index < -0.39 is 0 Å². The Morgan fingerprint density at radius 2 is 1.77 bits per heavy atom. The van der Waals surface area contributed by atoms with E-state index in [-0.39, 0.29) is 0 Å². The number of aryl methyl sites for hydroxylation is 1. The summed E-state index contributed by atoms with van der Waals surface area (Å²) in [6.45, 7) is 6.34. The number of thiazole rings is 1. The van der Waals surface area contributed by atoms with Crippen LogP contribution in [0.3, 0.4) is 0 Å². The maximum absolute atomic E-state index is 6.28. The number of aromatic nitrogens is 3. The number of fused-ring (bicyclic) bond motifs is 1. The van der Waals surface area contributed by atoms with E-state index in [0.29, 0.717) is 5.95 Å². The molecule has 1 N–H and O–H groups in total. The van der Waals surface area contributed by atoms with E-state index in [0.717, 1.165) is 70.3 Å². The molecule has 1 aliphatic heterocycles. The van der Waals surface area contributed by atoms with Crippen LogP contribution in [0.15, 0.2) is 70.9 Å². The Labute approximate surface area is 208 Å². The van der Waals surface area contributed by atoms with E-state index >= 15 is 0 Å². The monoisotopic (exact) mass is 482 g/mol. The van der Waals surface area contributed by atoms with Gasteiger partial charge in [0.1, 0.15) is 11.3 Å². The summed E-state index contributed by atoms with van der Waals surface area (Å²) in [4.78, 5) is 19.6. The van der Waals surface area contributed by atoms with Gasteiger partial charge in [0.05, 0.1) is 10.4 Å². The Kier molecular flexibility index (Phi) is 5.67. The fourth-order valence-corrected chi connectivity index (χ4v) is 5.13. The molecule has 0 aliphatic carbocycles. The molecule has 0 unspecified atom stereocenters. The highest BCUT2D eigenvalue weighted by Crippen LogP contribution is 2.38. The number of rotatable bonds is 5. The number of hydrogen-bond acceptors (Lipinski definition) is 8. The topological polar surface area (TPSA) is 70.3 Å². The van der Waals surface area contributed by atoms with E-state index in [9.17, 15) is 0 Å². The van der Waals surface area contributed by atoms with Gasteiger partial charge >= 0.3 is 0 Å². The summed E-state index contributed by atoms with van der Waals surface area (Å²) >= 11 is 1.56. The van der Waals surface area contributed by atoms with E-state index in [4.69, 9.17) is 9.40 Å². The van der Waals surface area contributed by atoms with Crippen molar-refractivity contribution in [1.29, 1.82) is 0 Å². The van der Waals surface area contributed by atoms with Crippen LogP contribution < -0.4 is 10.2 Å². The molecule has 5 aromatic rings. The number of furan rings is 1. The van der Waals surface area contributed by atoms with Gasteiger partial charge in [-0.1, -0.05) is 18.2 Å². The lowest BCUT2D eigenvalue weighted by atomic mass is 10.1. The van der Waals surface area contributed by atoms with Crippen molar-refractivity contribution in [3.05, 3.63) is 72.0 Å². The van der Waals surface area contributed by atoms with Gasteiger partial charge in [-0.25, -0.2) is 9.97 Å². The first kappa shape index (κ1) is 21.8. The summed E-state index contributed by atoms with van der Waals surface area (Å²) in [6, 6.07) is 16.6. The molecule has 0 spiro atoms. The van der Waals surface area contributed by atoms with Crippen LogP contribution in [0.1, 0.15) is 5.56 Å². The predicted molar refractivity (Wildman–Crippen MR) is 143 cm³/mol. The summed E-state index contributed by atoms with van der Waals surface area (Å²) in [5.74, 6) is 1.28. The van der Waals surface area contributed by atoms with Gasteiger partial charge < -0.3 is 19.5 Å². The van der Waals surface area contributed by atoms with Crippen LogP contribution in [0, 0.1) is 6.92 Å². The molecular weight excluding hydrogens is 456 g/mol. The number of anilines is 3. The van der Waals surface area contributed by atoms with Crippen LogP contribution in [0.25, 0.3) is 32.9 Å². The molecule has 0 amide bonds. The van der Waals surface area contributed by atoms with Crippen LogP contribution >= 0.6 is 11.3 Å². The molecule has 35 heavy (non-hydrogen) atoms. The van der Waals surface area contributed by atoms with Crippen molar-refractivity contribution in [2.45, 2.75) is 6.92 Å². The molecule has 176 valence electrons. The van der Waals surface area contributed by atoms with Gasteiger partial charge in [-0.05, 0) is 44.3 Å². The molecule has 0 saturated carbocycles. The molecule has 2 aromatic carbocycles. The van der Waals surface area contributed by atoms with Gasteiger partial charge in [0, 0.05) is 66.5 Å². The molecule has 6 rings (SSSR count). The zero-order chi connectivity index (χ0) is 23.8. The Morgan fingerprint density at radius 3 is 2.51 bits per heavy atom. The first-order valence-corrected chi connectivity index (χ1v) is 12.6. The first-order valence-electron chi connectivity index (χ1n) is 11.7. The Bertz CT molecular complexity index is 1450. The molecule has 0 radical (unpaired) electrons. The Morgan fingerprint density at radius 1 is 0.971 bits per heavy atom. The number of benzene rings is 2. The molecule has 7 nitrogen and oxygen atoms in total. The predicted octanol–water partition coefficient (Wildman–Crippen LogP) is 5.82. The molecule has 0 bridgehead atoms. The summed E-state index contributed by atoms with van der Waals surface area (Å²) in [5.41, 5.74) is 7.58. The highest BCUT2D eigenvalue weighted by Gasteiger charge is 2.20. The third kappa shape index (κ3) is 4.26. The normalized spacial score (nSPS) is 14.5. The molecule has 1 fully saturated rings. The third-order valence-electron chi connectivity index (χ3n) is 6.54. The van der Waals surface area contributed by atoms with Crippen molar-refractivity contribution in [1.82, 2.24) is 19.9 Å². The Balaban J connectivity index is 1.33. The van der Waals surface area contributed by atoms with E-state index in [1.165, 1.54) is 5.69 Å². The van der Waals surface area contributed by atoms with Gasteiger partial charge in [-0.3, -0.25) is 4.98 Å². The smallest absolute Gasteiger partial charge is 0.227 e. The minimum Gasteiger partial charge on any atom is -0.454 e. The molecule has 0 atom stereocenters. The zero-order valence-corrected chi connectivity index (χ0v) is 20.5. The number of para-hydroxylation sites is 1. The molecule has 8 heteroatoms. The van der Waals surface area contributed by atoms with Crippen molar-refractivity contribution < 1.29 is 4.42 Å². The highest BCUT2D eigenvalue weighted by atomic mass is 32.1. The van der Waals surface area contributed by atoms with Crippen LogP contribution in [0.2, 0.25) is 0 Å². The summed E-state index contributed by atoms with van der Waals surface area (Å²) in [6.07, 6.45) is 3.69. The number of piperazine rings is 1. The minimum absolute atomic E-state index is 0.528. The molecule has 1 aliphatic rings. The lowest BCUT2D eigenvalue weighted by molar-refractivity contribution is 0.313. The number of likely N-dealkylation sites (N-methyl/N-ethyl adjacent to an activating group) is 1. The number of nitrogens with one attached hydrogen (secondary N) is 1. The van der Waals surface area contributed by atoms with Crippen molar-refractivity contribution in [2.75, 3.05) is 43.4 Å². The maximum atomic E-state index is 6.28. The second-order valence-corrected chi connectivity index (χ2v) is 9.72. The second kappa shape index (κ2) is 9.13. The molecule has 1 saturated heterocycles. The quantitative estimate of drug-likeness (QED) is 0.339. The fourth-order valence-electron chi connectivity index (χ4n) is 4.49. The molecular formula is C27H26N6OS. The minimum atomic E-state index is 0.528. The van der Waals surface area contributed by atoms with E-state index in [1.54, 1.807) is 11.3 Å². The van der Waals surface area contributed by atoms with Crippen molar-refractivity contribution in [3.8, 4) is 21.9 Å². The molecule has 3 aromatic heterocycles. The SMILES string of the molecule is Cc1c(-c2nc(Nc3ccc(N4CCN(C)CC4)cc3)ncc2-c2cncs2)oc2ccccc12. The van der Waals surface area contributed by atoms with Gasteiger partial charge in [0.2, 0.25) is 5.95 Å². The van der Waals surface area contributed by atoms with Crippen LogP contribution in [0.5, 0.6) is 0 Å². The summed E-state index contributed by atoms with van der Waals surface area (Å²) in [5, 5.41) is 4.46. The van der Waals surface area contributed by atoms with Crippen LogP contribution in [-0.2, 0) is 0 Å². The number of nitrogens with zero attached hydrogens (tertiary/aromatic N) is 5. The van der Waals surface area contributed by atoms with Gasteiger partial charge in [0.25, 0.3) is 0 Å². The van der Waals surface area contributed by atoms with E-state index in [2.05, 4.69) is 69.4 Å². The average molecular weight is 483 g/mol. The van der Waals surface area contributed by atoms with Gasteiger partial charge in [-0.15, -0.1) is 11.3 Å². The molecule has 4 heterocycles. The standard InChI is InChI=1S/C27H26N6OS/c1-18-21-5-3-4-6-23(21)34-26(18)25-22(24-16-28-17-35-24)15-29-27(31-25)30-19-7-9-20(10-8-19)33-13-11-32(2)12-14-33/h3-10,15-17H,11-14H2,1-2H3,(H,29,30,31). The summed E-state index contributed by atoms with van der Waals surface area (Å²) < 4.78 is 6.28. The van der Waals surface area contributed by atoms with Crippen LogP contribution in [0.4, 0.5) is 17.3 Å². The van der Waals surface area contributed by atoms with Gasteiger partial charge in [-0.2, -0.15) is 0 Å². The van der Waals surface area contributed by atoms with Crippen LogP contribution in [-0.4, -0.2) is 53.1 Å². The lowest BCUT2D eigenvalue weighted by Gasteiger charge is -2.34. The van der Waals surface area contributed by atoms with Crippen molar-refractivity contribution in [3.63, 3.8) is 0 Å². The second-order valence-electron chi connectivity index (χ2n) is 8.84. The van der Waals surface area contributed by atoms with E-state index in [1.807, 2.05) is 36.1 Å². The highest BCUT2D eigenvalue weighted by molar-refractivity contribution is 7.13. The number of hydrogen-bond donors (Lipinski definition) is 1. The van der Waals surface area contributed by atoms with Crippen molar-refractivity contribution in [2.24, 2.45) is 0 Å². The fraction of sp³-hybridized carbons (Fsp3) is 0.222. The van der Waals surface area contributed by atoms with Gasteiger partial charge in [0.15, 0.2) is 5.76 Å². The average Bonchev–Trinajstić information content (AvgIpc) is 3.54. The van der Waals surface area contributed by atoms with Crippen molar-refractivity contribution >= 4 is 39.6 Å². The summed E-state index contributed by atoms with van der Waals surface area (Å²) in [7, 11) is 2.17. The largest absolute Gasteiger partial charge is 0.454 e. The zero-order valence-electron chi connectivity index (χ0n) is 19.7. The lowest BCUT2D eigenvalue weighted by Crippen LogP contribution is -2.44.